The van der Waals surface area contributed by atoms with Crippen LogP contribution in [0.5, 0.6) is 5.75 Å². The molecular formula is C15H21NO. The highest BCUT2D eigenvalue weighted by molar-refractivity contribution is 5.58. The molecule has 0 radical (unpaired) electrons. The van der Waals surface area contributed by atoms with Crippen molar-refractivity contribution in [3.8, 4) is 5.75 Å². The lowest BCUT2D eigenvalue weighted by atomic mass is 10.1. The Morgan fingerprint density at radius 3 is 2.88 bits per heavy atom. The fourth-order valence-corrected chi connectivity index (χ4v) is 3.11. The number of anilines is 1. The molecule has 0 heterocycles. The van der Waals surface area contributed by atoms with Crippen molar-refractivity contribution in [1.29, 1.82) is 0 Å². The molecule has 1 N–H and O–H groups in total. The zero-order valence-electron chi connectivity index (χ0n) is 10.7. The summed E-state index contributed by atoms with van der Waals surface area (Å²) < 4.78 is 5.71. The summed E-state index contributed by atoms with van der Waals surface area (Å²) in [5.41, 5.74) is 2.43. The van der Waals surface area contributed by atoms with Gasteiger partial charge in [-0.1, -0.05) is 6.07 Å². The molecule has 2 heteroatoms. The lowest BCUT2D eigenvalue weighted by molar-refractivity contribution is 0.341. The van der Waals surface area contributed by atoms with Crippen molar-refractivity contribution in [1.82, 2.24) is 0 Å². The highest BCUT2D eigenvalue weighted by Crippen LogP contribution is 2.52. The van der Waals surface area contributed by atoms with Gasteiger partial charge in [0.25, 0.3) is 0 Å². The summed E-state index contributed by atoms with van der Waals surface area (Å²) in [6, 6.07) is 7.13. The minimum Gasteiger partial charge on any atom is -0.492 e. The quantitative estimate of drug-likeness (QED) is 0.854. The lowest BCUT2D eigenvalue weighted by Gasteiger charge is -2.19. The molecule has 2 aliphatic carbocycles. The molecule has 0 amide bonds. The average molecular weight is 231 g/mol. The highest BCUT2D eigenvalue weighted by Gasteiger charge is 2.48. The van der Waals surface area contributed by atoms with Gasteiger partial charge in [-0.25, -0.2) is 0 Å². The van der Waals surface area contributed by atoms with Crippen molar-refractivity contribution in [3.05, 3.63) is 23.8 Å². The van der Waals surface area contributed by atoms with Gasteiger partial charge in [0.15, 0.2) is 0 Å². The monoisotopic (exact) mass is 231 g/mol. The predicted molar refractivity (Wildman–Crippen MR) is 70.6 cm³/mol. The maximum atomic E-state index is 5.71. The number of hydrogen-bond donors (Lipinski definition) is 1. The van der Waals surface area contributed by atoms with Crippen LogP contribution in [0.3, 0.4) is 0 Å². The van der Waals surface area contributed by atoms with E-state index in [1.54, 1.807) is 0 Å². The molecule has 0 saturated heterocycles. The molecule has 2 fully saturated rings. The topological polar surface area (TPSA) is 21.3 Å². The Labute approximate surface area is 103 Å². The Bertz CT molecular complexity index is 415. The summed E-state index contributed by atoms with van der Waals surface area (Å²) >= 11 is 0. The number of aryl methyl sites for hydroxylation is 1. The minimum atomic E-state index is 0.682. The second-order valence-corrected chi connectivity index (χ2v) is 5.42. The third kappa shape index (κ3) is 2.13. The Kier molecular flexibility index (Phi) is 2.73. The van der Waals surface area contributed by atoms with Gasteiger partial charge in [-0.2, -0.15) is 0 Å². The molecule has 2 saturated carbocycles. The van der Waals surface area contributed by atoms with E-state index in [9.17, 15) is 0 Å². The van der Waals surface area contributed by atoms with Crippen LogP contribution < -0.4 is 10.1 Å². The van der Waals surface area contributed by atoms with Crippen LogP contribution >= 0.6 is 0 Å². The molecule has 3 unspecified atom stereocenters. The van der Waals surface area contributed by atoms with E-state index >= 15 is 0 Å². The molecule has 2 nitrogen and oxygen atoms in total. The van der Waals surface area contributed by atoms with Crippen molar-refractivity contribution in [3.63, 3.8) is 0 Å². The number of ether oxygens (including phenoxy) is 1. The van der Waals surface area contributed by atoms with Crippen LogP contribution in [0.2, 0.25) is 0 Å². The fraction of sp³-hybridized carbons (Fsp3) is 0.600. The smallest absolute Gasteiger partial charge is 0.142 e. The third-order valence-electron chi connectivity index (χ3n) is 4.12. The molecule has 3 rings (SSSR count). The summed E-state index contributed by atoms with van der Waals surface area (Å²) in [7, 11) is 0. The molecule has 17 heavy (non-hydrogen) atoms. The summed E-state index contributed by atoms with van der Waals surface area (Å²) in [6.07, 6.45) is 4.18. The second kappa shape index (κ2) is 4.25. The standard InChI is InChI=1S/C15H21NO/c1-3-17-15-8-10(2)4-6-14(15)16-13-7-5-11-9-12(11)13/h4,6,8,11-13,16H,3,5,7,9H2,1-2H3. The van der Waals surface area contributed by atoms with Gasteiger partial charge < -0.3 is 10.1 Å². The van der Waals surface area contributed by atoms with Gasteiger partial charge in [0.2, 0.25) is 0 Å². The number of hydrogen-bond acceptors (Lipinski definition) is 2. The molecule has 0 bridgehead atoms. The van der Waals surface area contributed by atoms with E-state index in [4.69, 9.17) is 4.74 Å². The zero-order chi connectivity index (χ0) is 11.8. The fourth-order valence-electron chi connectivity index (χ4n) is 3.11. The first-order valence-electron chi connectivity index (χ1n) is 6.78. The van der Waals surface area contributed by atoms with Crippen LogP contribution in [0.25, 0.3) is 0 Å². The molecular weight excluding hydrogens is 210 g/mol. The van der Waals surface area contributed by atoms with Gasteiger partial charge >= 0.3 is 0 Å². The highest BCUT2D eigenvalue weighted by atomic mass is 16.5. The molecule has 1 aromatic rings. The Morgan fingerprint density at radius 1 is 1.35 bits per heavy atom. The number of benzene rings is 1. The first-order chi connectivity index (χ1) is 8.28. The van der Waals surface area contributed by atoms with E-state index in [-0.39, 0.29) is 0 Å². The molecule has 3 atom stereocenters. The van der Waals surface area contributed by atoms with Crippen LogP contribution in [0.4, 0.5) is 5.69 Å². The maximum absolute atomic E-state index is 5.71. The van der Waals surface area contributed by atoms with Crippen molar-refractivity contribution < 1.29 is 4.74 Å². The number of rotatable bonds is 4. The molecule has 0 aromatic heterocycles. The normalized spacial score (nSPS) is 29.9. The Balaban J connectivity index is 1.76. The van der Waals surface area contributed by atoms with Crippen molar-refractivity contribution in [2.24, 2.45) is 11.8 Å². The van der Waals surface area contributed by atoms with Gasteiger partial charge in [-0.15, -0.1) is 0 Å². The second-order valence-electron chi connectivity index (χ2n) is 5.42. The molecule has 0 aliphatic heterocycles. The van der Waals surface area contributed by atoms with E-state index in [2.05, 4.69) is 30.4 Å². The molecule has 1 aromatic carbocycles. The lowest BCUT2D eigenvalue weighted by Crippen LogP contribution is -2.19. The first-order valence-corrected chi connectivity index (χ1v) is 6.78. The zero-order valence-corrected chi connectivity index (χ0v) is 10.7. The average Bonchev–Trinajstić information content (AvgIpc) is 2.99. The van der Waals surface area contributed by atoms with Gasteiger partial charge in [-0.05, 0) is 62.6 Å². The Morgan fingerprint density at radius 2 is 2.24 bits per heavy atom. The van der Waals surface area contributed by atoms with Crippen LogP contribution in [0.15, 0.2) is 18.2 Å². The number of nitrogens with one attached hydrogen (secondary N) is 1. The maximum Gasteiger partial charge on any atom is 0.142 e. The minimum absolute atomic E-state index is 0.682. The predicted octanol–water partition coefficient (Wildman–Crippen LogP) is 3.60. The van der Waals surface area contributed by atoms with Gasteiger partial charge in [0.05, 0.1) is 12.3 Å². The first kappa shape index (κ1) is 10.9. The molecule has 92 valence electrons. The van der Waals surface area contributed by atoms with E-state index in [0.717, 1.165) is 24.2 Å². The summed E-state index contributed by atoms with van der Waals surface area (Å²) in [5.74, 6) is 2.97. The van der Waals surface area contributed by atoms with Crippen LogP contribution in [0.1, 0.15) is 31.7 Å². The number of fused-ring (bicyclic) bond motifs is 1. The largest absolute Gasteiger partial charge is 0.492 e. The summed E-state index contributed by atoms with van der Waals surface area (Å²) in [6.45, 7) is 4.88. The molecule has 2 aliphatic rings. The SMILES string of the molecule is CCOc1cc(C)ccc1NC1CCC2CC21. The van der Waals surface area contributed by atoms with E-state index < -0.39 is 0 Å². The van der Waals surface area contributed by atoms with Gasteiger partial charge in [0.1, 0.15) is 5.75 Å². The van der Waals surface area contributed by atoms with Crippen molar-refractivity contribution in [2.75, 3.05) is 11.9 Å². The Hall–Kier alpha value is -1.18. The summed E-state index contributed by atoms with van der Waals surface area (Å²) in [4.78, 5) is 0. The van der Waals surface area contributed by atoms with Crippen LogP contribution in [-0.2, 0) is 0 Å². The third-order valence-corrected chi connectivity index (χ3v) is 4.12. The van der Waals surface area contributed by atoms with Crippen molar-refractivity contribution in [2.45, 2.75) is 39.2 Å². The van der Waals surface area contributed by atoms with E-state index in [1.165, 1.54) is 30.5 Å². The van der Waals surface area contributed by atoms with Crippen molar-refractivity contribution >= 4 is 5.69 Å². The molecule has 0 spiro atoms. The van der Waals surface area contributed by atoms with Crippen LogP contribution in [0, 0.1) is 18.8 Å². The summed E-state index contributed by atoms with van der Waals surface area (Å²) in [5, 5.41) is 3.69. The van der Waals surface area contributed by atoms with Gasteiger partial charge in [-0.3, -0.25) is 0 Å². The van der Waals surface area contributed by atoms with Gasteiger partial charge in [0, 0.05) is 6.04 Å². The van der Waals surface area contributed by atoms with E-state index in [0.29, 0.717) is 6.04 Å². The van der Waals surface area contributed by atoms with Crippen LogP contribution in [-0.4, -0.2) is 12.6 Å². The van der Waals surface area contributed by atoms with E-state index in [1.807, 2.05) is 6.92 Å².